The van der Waals surface area contributed by atoms with E-state index in [4.69, 9.17) is 17.3 Å². The van der Waals surface area contributed by atoms with Crippen LogP contribution in [-0.4, -0.2) is 11.9 Å². The average molecular weight is 289 g/mol. The van der Waals surface area contributed by atoms with E-state index in [2.05, 4.69) is 5.32 Å². The van der Waals surface area contributed by atoms with Gasteiger partial charge in [0, 0.05) is 22.3 Å². The lowest BCUT2D eigenvalue weighted by Gasteiger charge is -2.14. The molecule has 0 bridgehead atoms. The van der Waals surface area contributed by atoms with Crippen molar-refractivity contribution >= 4 is 23.2 Å². The Hall–Kier alpha value is -2.00. The second-order valence-electron chi connectivity index (χ2n) is 4.83. The summed E-state index contributed by atoms with van der Waals surface area (Å²) in [5.41, 5.74) is 7.96. The molecule has 104 valence electrons. The molecule has 0 aromatic heterocycles. The van der Waals surface area contributed by atoms with E-state index in [0.29, 0.717) is 16.3 Å². The summed E-state index contributed by atoms with van der Waals surface area (Å²) in [6.45, 7) is 1.97. The van der Waals surface area contributed by atoms with Gasteiger partial charge < -0.3 is 11.1 Å². The molecule has 2 rings (SSSR count). The Kier molecular flexibility index (Phi) is 4.64. The van der Waals surface area contributed by atoms with Gasteiger partial charge in [-0.3, -0.25) is 4.79 Å². The van der Waals surface area contributed by atoms with Crippen LogP contribution in [0.2, 0.25) is 5.02 Å². The number of hydrogen-bond donors (Lipinski definition) is 2. The van der Waals surface area contributed by atoms with Crippen LogP contribution in [0.3, 0.4) is 0 Å². The monoisotopic (exact) mass is 288 g/mol. The smallest absolute Gasteiger partial charge is 0.251 e. The van der Waals surface area contributed by atoms with E-state index in [1.807, 2.05) is 31.2 Å². The first-order valence-electron chi connectivity index (χ1n) is 6.45. The van der Waals surface area contributed by atoms with Gasteiger partial charge in [0.15, 0.2) is 0 Å². The molecule has 0 saturated carbocycles. The van der Waals surface area contributed by atoms with Crippen LogP contribution >= 0.6 is 11.6 Å². The van der Waals surface area contributed by atoms with Crippen molar-refractivity contribution in [3.8, 4) is 0 Å². The van der Waals surface area contributed by atoms with Crippen molar-refractivity contribution in [1.82, 2.24) is 5.32 Å². The third-order valence-electron chi connectivity index (χ3n) is 2.98. The minimum Gasteiger partial charge on any atom is -0.399 e. The molecule has 0 heterocycles. The number of hydrogen-bond acceptors (Lipinski definition) is 2. The predicted octanol–water partition coefficient (Wildman–Crippen LogP) is 3.28. The topological polar surface area (TPSA) is 55.1 Å². The molecular weight excluding hydrogens is 272 g/mol. The lowest BCUT2D eigenvalue weighted by Crippen LogP contribution is -2.34. The Morgan fingerprint density at radius 2 is 1.95 bits per heavy atom. The van der Waals surface area contributed by atoms with Gasteiger partial charge in [-0.15, -0.1) is 0 Å². The summed E-state index contributed by atoms with van der Waals surface area (Å²) in [6, 6.07) is 14.6. The standard InChI is InChI=1S/C16H17ClN2O/c1-11(9-12-3-2-4-14(17)10-12)19-16(20)13-5-7-15(18)8-6-13/h2-8,10-11H,9,18H2,1H3,(H,19,20). The molecule has 0 aliphatic rings. The van der Waals surface area contributed by atoms with Crippen molar-refractivity contribution in [2.75, 3.05) is 5.73 Å². The van der Waals surface area contributed by atoms with Gasteiger partial charge in [0.05, 0.1) is 0 Å². The number of amides is 1. The van der Waals surface area contributed by atoms with Crippen LogP contribution < -0.4 is 11.1 Å². The molecule has 2 aromatic carbocycles. The highest BCUT2D eigenvalue weighted by atomic mass is 35.5. The first-order chi connectivity index (χ1) is 9.54. The van der Waals surface area contributed by atoms with Gasteiger partial charge in [-0.05, 0) is 55.3 Å². The lowest BCUT2D eigenvalue weighted by molar-refractivity contribution is 0.0940. The lowest BCUT2D eigenvalue weighted by atomic mass is 10.1. The number of halogens is 1. The fourth-order valence-corrected chi connectivity index (χ4v) is 2.22. The highest BCUT2D eigenvalue weighted by Crippen LogP contribution is 2.12. The molecular formula is C16H17ClN2O. The molecule has 3 N–H and O–H groups in total. The third-order valence-corrected chi connectivity index (χ3v) is 3.22. The van der Waals surface area contributed by atoms with Crippen LogP contribution in [0.1, 0.15) is 22.8 Å². The van der Waals surface area contributed by atoms with Crippen LogP contribution in [0.25, 0.3) is 0 Å². The fraction of sp³-hybridized carbons (Fsp3) is 0.188. The number of rotatable bonds is 4. The van der Waals surface area contributed by atoms with Crippen LogP contribution in [0, 0.1) is 0 Å². The molecule has 0 saturated heterocycles. The van der Waals surface area contributed by atoms with E-state index in [-0.39, 0.29) is 11.9 Å². The van der Waals surface area contributed by atoms with Gasteiger partial charge in [0.2, 0.25) is 0 Å². The Balaban J connectivity index is 1.95. The summed E-state index contributed by atoms with van der Waals surface area (Å²) in [6.07, 6.45) is 0.737. The summed E-state index contributed by atoms with van der Waals surface area (Å²) in [5.74, 6) is -0.0977. The number of benzene rings is 2. The van der Waals surface area contributed by atoms with Crippen LogP contribution in [0.5, 0.6) is 0 Å². The number of nitrogens with two attached hydrogens (primary N) is 1. The Bertz CT molecular complexity index is 596. The number of carbonyl (C=O) groups excluding carboxylic acids is 1. The van der Waals surface area contributed by atoms with E-state index < -0.39 is 0 Å². The normalized spacial score (nSPS) is 11.9. The number of nitrogen functional groups attached to an aromatic ring is 1. The molecule has 3 nitrogen and oxygen atoms in total. The number of carbonyl (C=O) groups is 1. The van der Waals surface area contributed by atoms with Gasteiger partial charge >= 0.3 is 0 Å². The van der Waals surface area contributed by atoms with Crippen LogP contribution in [0.15, 0.2) is 48.5 Å². The van der Waals surface area contributed by atoms with Gasteiger partial charge in [-0.1, -0.05) is 23.7 Å². The van der Waals surface area contributed by atoms with E-state index in [1.165, 1.54) is 0 Å². The first-order valence-corrected chi connectivity index (χ1v) is 6.83. The quantitative estimate of drug-likeness (QED) is 0.848. The molecule has 1 unspecified atom stereocenters. The Labute approximate surface area is 123 Å². The molecule has 0 spiro atoms. The second kappa shape index (κ2) is 6.44. The average Bonchev–Trinajstić information content (AvgIpc) is 2.39. The zero-order chi connectivity index (χ0) is 14.5. The number of anilines is 1. The molecule has 0 aliphatic heterocycles. The van der Waals surface area contributed by atoms with Crippen molar-refractivity contribution in [2.24, 2.45) is 0 Å². The molecule has 4 heteroatoms. The van der Waals surface area contributed by atoms with E-state index in [0.717, 1.165) is 12.0 Å². The fourth-order valence-electron chi connectivity index (χ4n) is 2.01. The summed E-state index contributed by atoms with van der Waals surface area (Å²) >= 11 is 5.95. The largest absolute Gasteiger partial charge is 0.399 e. The molecule has 0 radical (unpaired) electrons. The van der Waals surface area contributed by atoms with Crippen molar-refractivity contribution in [3.63, 3.8) is 0 Å². The third kappa shape index (κ3) is 4.00. The van der Waals surface area contributed by atoms with Crippen molar-refractivity contribution in [1.29, 1.82) is 0 Å². The Morgan fingerprint density at radius 3 is 2.60 bits per heavy atom. The van der Waals surface area contributed by atoms with Crippen molar-refractivity contribution < 1.29 is 4.79 Å². The predicted molar refractivity (Wildman–Crippen MR) is 82.9 cm³/mol. The van der Waals surface area contributed by atoms with Crippen LogP contribution in [0.4, 0.5) is 5.69 Å². The summed E-state index contributed by atoms with van der Waals surface area (Å²) in [5, 5.41) is 3.67. The SMILES string of the molecule is CC(Cc1cccc(Cl)c1)NC(=O)c1ccc(N)cc1. The highest BCUT2D eigenvalue weighted by molar-refractivity contribution is 6.30. The maximum Gasteiger partial charge on any atom is 0.251 e. The molecule has 1 amide bonds. The minimum atomic E-state index is -0.0977. The molecule has 2 aromatic rings. The van der Waals surface area contributed by atoms with E-state index >= 15 is 0 Å². The second-order valence-corrected chi connectivity index (χ2v) is 5.27. The summed E-state index contributed by atoms with van der Waals surface area (Å²) < 4.78 is 0. The molecule has 20 heavy (non-hydrogen) atoms. The van der Waals surface area contributed by atoms with Crippen LogP contribution in [-0.2, 0) is 6.42 Å². The van der Waals surface area contributed by atoms with E-state index in [9.17, 15) is 4.79 Å². The zero-order valence-electron chi connectivity index (χ0n) is 11.3. The van der Waals surface area contributed by atoms with Crippen molar-refractivity contribution in [3.05, 3.63) is 64.7 Å². The van der Waals surface area contributed by atoms with Gasteiger partial charge in [0.1, 0.15) is 0 Å². The molecule has 0 aliphatic carbocycles. The highest BCUT2D eigenvalue weighted by Gasteiger charge is 2.10. The van der Waals surface area contributed by atoms with Gasteiger partial charge in [-0.25, -0.2) is 0 Å². The molecule has 1 atom stereocenters. The van der Waals surface area contributed by atoms with Crippen molar-refractivity contribution in [2.45, 2.75) is 19.4 Å². The zero-order valence-corrected chi connectivity index (χ0v) is 12.0. The first kappa shape index (κ1) is 14.4. The summed E-state index contributed by atoms with van der Waals surface area (Å²) in [7, 11) is 0. The maximum atomic E-state index is 12.0. The van der Waals surface area contributed by atoms with E-state index in [1.54, 1.807) is 24.3 Å². The Morgan fingerprint density at radius 1 is 1.25 bits per heavy atom. The minimum absolute atomic E-state index is 0.0264. The molecule has 0 fully saturated rings. The van der Waals surface area contributed by atoms with Gasteiger partial charge in [-0.2, -0.15) is 0 Å². The maximum absolute atomic E-state index is 12.0. The van der Waals surface area contributed by atoms with Gasteiger partial charge in [0.25, 0.3) is 5.91 Å². The summed E-state index contributed by atoms with van der Waals surface area (Å²) in [4.78, 5) is 12.0. The number of nitrogens with one attached hydrogen (secondary N) is 1.